The molecule has 152 valence electrons. The molecule has 0 spiro atoms. The Bertz CT molecular complexity index is 842. The third-order valence-corrected chi connectivity index (χ3v) is 6.30. The molecule has 1 aromatic heterocycles. The molecule has 0 aliphatic rings. The second-order valence-corrected chi connectivity index (χ2v) is 8.53. The number of anilines is 1. The summed E-state index contributed by atoms with van der Waals surface area (Å²) in [4.78, 5) is 28.0. The normalized spacial score (nSPS) is 12.8. The fourth-order valence-corrected chi connectivity index (χ4v) is 3.31. The van der Waals surface area contributed by atoms with Crippen molar-refractivity contribution in [3.63, 3.8) is 0 Å². The molecule has 1 atom stereocenters. The number of carbonyl (C=O) groups excluding carboxylic acids is 2. The van der Waals surface area contributed by atoms with Crippen LogP contribution < -0.4 is 15.4 Å². The number of aromatic nitrogens is 1. The molecule has 2 radical (unpaired) electrons. The zero-order chi connectivity index (χ0) is 20.9. The Kier molecular flexibility index (Phi) is 7.71. The van der Waals surface area contributed by atoms with Gasteiger partial charge in [-0.1, -0.05) is 0 Å². The number of carbonyl (C=O) groups is 2. The summed E-state index contributed by atoms with van der Waals surface area (Å²) in [5, 5.41) is 5.68. The Morgan fingerprint density at radius 3 is 2.68 bits per heavy atom. The number of halogens is 3. The number of thiazole rings is 1. The number of amides is 2. The van der Waals surface area contributed by atoms with Crippen molar-refractivity contribution in [1.82, 2.24) is 10.3 Å². The maximum atomic E-state index is 12.3. The second-order valence-electron chi connectivity index (χ2n) is 6.33. The first-order chi connectivity index (χ1) is 13.0. The van der Waals surface area contributed by atoms with Gasteiger partial charge < -0.3 is 4.74 Å². The van der Waals surface area contributed by atoms with Crippen LogP contribution in [0, 0.1) is 5.92 Å². The topological polar surface area (TPSA) is 80.3 Å². The first-order valence-corrected chi connectivity index (χ1v) is 10.4. The zero-order valence-corrected chi connectivity index (χ0v) is 17.9. The van der Waals surface area contributed by atoms with Gasteiger partial charge in [0.15, 0.2) is 0 Å². The van der Waals surface area contributed by atoms with Crippen LogP contribution in [0.5, 0.6) is 5.75 Å². The van der Waals surface area contributed by atoms with Gasteiger partial charge in [0, 0.05) is 0 Å². The third kappa shape index (κ3) is 6.98. The van der Waals surface area contributed by atoms with Crippen LogP contribution in [0.2, 0.25) is 4.71 Å². The van der Waals surface area contributed by atoms with E-state index < -0.39 is 6.36 Å². The van der Waals surface area contributed by atoms with Crippen LogP contribution in [0.3, 0.4) is 0 Å². The summed E-state index contributed by atoms with van der Waals surface area (Å²) in [6.07, 6.45) is -4.12. The van der Waals surface area contributed by atoms with Gasteiger partial charge in [-0.25, -0.2) is 0 Å². The molecule has 0 unspecified atom stereocenters. The van der Waals surface area contributed by atoms with Gasteiger partial charge in [-0.05, 0) is 6.07 Å². The molecule has 1 heterocycles. The minimum atomic E-state index is -4.77. The van der Waals surface area contributed by atoms with E-state index in [0.29, 0.717) is 28.3 Å². The van der Waals surface area contributed by atoms with E-state index in [9.17, 15) is 22.8 Å². The Morgan fingerprint density at radius 1 is 1.32 bits per heavy atom. The molecule has 2 aromatic rings. The van der Waals surface area contributed by atoms with E-state index in [0.717, 1.165) is 11.3 Å². The summed E-state index contributed by atoms with van der Waals surface area (Å²) in [5.41, 5.74) is 0.461. The molecule has 28 heavy (non-hydrogen) atoms. The van der Waals surface area contributed by atoms with Crippen LogP contribution in [0.1, 0.15) is 26.7 Å². The molecule has 0 aliphatic heterocycles. The number of nitrogens with zero attached hydrogens (tertiary/aromatic N) is 1. The predicted molar refractivity (Wildman–Crippen MR) is 102 cm³/mol. The van der Waals surface area contributed by atoms with E-state index in [2.05, 4.69) is 37.2 Å². The average Bonchev–Trinajstić information content (AvgIpc) is 2.97. The molecule has 2 rings (SSSR count). The molecule has 0 bridgehead atoms. The SMILES string of the molecule is CC(C)[C@H]([As])C(=O)NCCCC(=O)Nc1nc2ccc(OC(F)(F)F)cc2s1. The number of fused-ring (bicyclic) bond motifs is 1. The number of alkyl halides is 3. The Hall–Kier alpha value is -1.80. The third-order valence-electron chi connectivity index (χ3n) is 3.62. The van der Waals surface area contributed by atoms with Crippen LogP contribution in [-0.2, 0) is 9.59 Å². The Balaban J connectivity index is 1.83. The number of benzene rings is 1. The van der Waals surface area contributed by atoms with Gasteiger partial charge >= 0.3 is 143 Å². The summed E-state index contributed by atoms with van der Waals surface area (Å²) in [7, 11) is 0. The van der Waals surface area contributed by atoms with Crippen molar-refractivity contribution in [2.45, 2.75) is 37.8 Å². The standard InChI is InChI=1S/C17H19AsF3N3O3S/c1-9(2)14(18)15(26)22-7-3-4-13(25)24-16-23-11-6-5-10(8-12(11)28-16)27-17(19,20)21/h5-6,8-9,14H,3-4,7H2,1-2H3,(H,22,26)(H,23,24,25)/t14-/m0/s1. The molecule has 0 saturated heterocycles. The first-order valence-electron chi connectivity index (χ1n) is 8.47. The molecule has 0 fully saturated rings. The van der Waals surface area contributed by atoms with Crippen LogP contribution in [0.25, 0.3) is 10.2 Å². The minimum absolute atomic E-state index is 0.0709. The van der Waals surface area contributed by atoms with Gasteiger partial charge in [0.2, 0.25) is 0 Å². The summed E-state index contributed by atoms with van der Waals surface area (Å²) in [6, 6.07) is 3.78. The molecule has 11 heteroatoms. The van der Waals surface area contributed by atoms with E-state index in [1.807, 2.05) is 13.8 Å². The molecule has 6 nitrogen and oxygen atoms in total. The van der Waals surface area contributed by atoms with Gasteiger partial charge in [-0.15, -0.1) is 13.2 Å². The molecule has 2 amide bonds. The summed E-state index contributed by atoms with van der Waals surface area (Å²) >= 11 is 3.39. The van der Waals surface area contributed by atoms with E-state index in [-0.39, 0.29) is 34.6 Å². The fourth-order valence-electron chi connectivity index (χ4n) is 2.21. The number of ether oxygens (including phenoxy) is 1. The molecule has 0 saturated carbocycles. The number of nitrogens with one attached hydrogen (secondary N) is 2. The van der Waals surface area contributed by atoms with Gasteiger partial charge in [0.1, 0.15) is 5.75 Å². The Labute approximate surface area is 172 Å². The van der Waals surface area contributed by atoms with Crippen molar-refractivity contribution < 1.29 is 27.5 Å². The average molecular weight is 477 g/mol. The van der Waals surface area contributed by atoms with Crippen LogP contribution in [-0.4, -0.2) is 46.6 Å². The van der Waals surface area contributed by atoms with Crippen molar-refractivity contribution >= 4 is 55.4 Å². The van der Waals surface area contributed by atoms with E-state index in [1.165, 1.54) is 18.2 Å². The molecular formula is C17H19AsF3N3O3S. The molecule has 0 aliphatic carbocycles. The van der Waals surface area contributed by atoms with Crippen molar-refractivity contribution in [3.8, 4) is 5.75 Å². The molecule has 2 N–H and O–H groups in total. The molecule has 1 aromatic carbocycles. The van der Waals surface area contributed by atoms with Gasteiger partial charge in [0.05, 0.1) is 0 Å². The summed E-state index contributed by atoms with van der Waals surface area (Å²) in [6.45, 7) is 4.28. The van der Waals surface area contributed by atoms with Crippen LogP contribution in [0.4, 0.5) is 18.3 Å². The number of hydrogen-bond donors (Lipinski definition) is 2. The maximum absolute atomic E-state index is 12.3. The second kappa shape index (κ2) is 9.60. The predicted octanol–water partition coefficient (Wildman–Crippen LogP) is 3.64. The van der Waals surface area contributed by atoms with E-state index in [4.69, 9.17) is 0 Å². The van der Waals surface area contributed by atoms with Gasteiger partial charge in [0.25, 0.3) is 0 Å². The van der Waals surface area contributed by atoms with Gasteiger partial charge in [-0.2, -0.15) is 0 Å². The van der Waals surface area contributed by atoms with Crippen molar-refractivity contribution in [1.29, 1.82) is 0 Å². The zero-order valence-electron chi connectivity index (χ0n) is 15.2. The Morgan fingerprint density at radius 2 is 2.04 bits per heavy atom. The van der Waals surface area contributed by atoms with Crippen molar-refractivity contribution in [3.05, 3.63) is 18.2 Å². The monoisotopic (exact) mass is 477 g/mol. The number of hydrogen-bond acceptors (Lipinski definition) is 5. The first kappa shape index (κ1) is 22.5. The number of rotatable bonds is 8. The summed E-state index contributed by atoms with van der Waals surface area (Å²) in [5.74, 6) is -0.484. The van der Waals surface area contributed by atoms with Crippen LogP contribution >= 0.6 is 11.3 Å². The van der Waals surface area contributed by atoms with Crippen molar-refractivity contribution in [2.24, 2.45) is 5.92 Å². The summed E-state index contributed by atoms with van der Waals surface area (Å²) < 4.78 is 41.0. The van der Waals surface area contributed by atoms with Crippen LogP contribution in [0.15, 0.2) is 18.2 Å². The van der Waals surface area contributed by atoms with Gasteiger partial charge in [-0.3, -0.25) is 0 Å². The van der Waals surface area contributed by atoms with E-state index >= 15 is 0 Å². The fraction of sp³-hybridized carbons (Fsp3) is 0.471. The van der Waals surface area contributed by atoms with E-state index in [1.54, 1.807) is 0 Å². The van der Waals surface area contributed by atoms with Crippen molar-refractivity contribution in [2.75, 3.05) is 11.9 Å². The quantitative estimate of drug-likeness (QED) is 0.450. The molecular weight excluding hydrogens is 458 g/mol.